The number of nitriles is 1. The summed E-state index contributed by atoms with van der Waals surface area (Å²) in [5.41, 5.74) is 11.2. The molecule has 4 N–H and O–H groups in total. The number of nitrogens with zero attached hydrogens (tertiary/aromatic N) is 2. The predicted octanol–water partition coefficient (Wildman–Crippen LogP) is 4.22. The number of hydrogen-bond donors (Lipinski definition) is 3. The van der Waals surface area contributed by atoms with Crippen molar-refractivity contribution in [2.75, 3.05) is 24.1 Å². The van der Waals surface area contributed by atoms with E-state index in [1.807, 2.05) is 36.4 Å². The van der Waals surface area contributed by atoms with Crippen molar-refractivity contribution in [1.29, 1.82) is 5.26 Å². The summed E-state index contributed by atoms with van der Waals surface area (Å²) in [6.07, 6.45) is 3.53. The Morgan fingerprint density at radius 1 is 1.03 bits per heavy atom. The third-order valence-corrected chi connectivity index (χ3v) is 4.95. The number of rotatable bonds is 9. The van der Waals surface area contributed by atoms with E-state index < -0.39 is 0 Å². The van der Waals surface area contributed by atoms with Crippen LogP contribution in [0.1, 0.15) is 34.7 Å². The van der Waals surface area contributed by atoms with Gasteiger partial charge < -0.3 is 16.4 Å². The molecule has 0 spiro atoms. The Hall–Kier alpha value is -3.36. The first-order chi connectivity index (χ1) is 14.2. The van der Waals surface area contributed by atoms with Gasteiger partial charge in [-0.15, -0.1) is 0 Å². The fourth-order valence-corrected chi connectivity index (χ4v) is 3.24. The molecule has 0 aliphatic heterocycles. The second kappa shape index (κ2) is 10.3. The maximum Gasteiger partial charge on any atom is 0.146 e. The summed E-state index contributed by atoms with van der Waals surface area (Å²) in [5.74, 6) is 0.521. The molecule has 3 rings (SSSR count). The predicted molar refractivity (Wildman–Crippen MR) is 119 cm³/mol. The van der Waals surface area contributed by atoms with E-state index in [-0.39, 0.29) is 6.04 Å². The lowest BCUT2D eigenvalue weighted by Gasteiger charge is -2.20. The van der Waals surface area contributed by atoms with Crippen LogP contribution in [0.25, 0.3) is 0 Å². The number of aryl methyl sites for hydroxylation is 1. The minimum Gasteiger partial charge on any atom is -0.382 e. The van der Waals surface area contributed by atoms with Crippen LogP contribution in [0.3, 0.4) is 0 Å². The second-order valence-corrected chi connectivity index (χ2v) is 7.13. The van der Waals surface area contributed by atoms with Crippen LogP contribution < -0.4 is 16.4 Å². The van der Waals surface area contributed by atoms with Crippen molar-refractivity contribution in [3.05, 3.63) is 89.1 Å². The number of pyridine rings is 1. The Bertz CT molecular complexity index is 942. The highest BCUT2D eigenvalue weighted by atomic mass is 15.0. The molecule has 0 radical (unpaired) electrons. The number of nitrogens with two attached hydrogens (primary N) is 1. The van der Waals surface area contributed by atoms with Crippen LogP contribution in [0.2, 0.25) is 0 Å². The molecule has 29 heavy (non-hydrogen) atoms. The number of nitrogens with one attached hydrogen (secondary N) is 2. The number of benzene rings is 2. The fraction of sp³-hybridized carbons (Fsp3) is 0.250. The van der Waals surface area contributed by atoms with Crippen LogP contribution in [0.4, 0.5) is 11.5 Å². The maximum absolute atomic E-state index is 8.92. The summed E-state index contributed by atoms with van der Waals surface area (Å²) in [6, 6.07) is 22.7. The van der Waals surface area contributed by atoms with Crippen LogP contribution in [0.15, 0.2) is 66.9 Å². The molecule has 0 aliphatic rings. The summed E-state index contributed by atoms with van der Waals surface area (Å²) in [5, 5.41) is 16.0. The van der Waals surface area contributed by atoms with Gasteiger partial charge in [-0.3, -0.25) is 0 Å². The van der Waals surface area contributed by atoms with Gasteiger partial charge in [0.05, 0.1) is 17.3 Å². The second-order valence-electron chi connectivity index (χ2n) is 7.13. The minimum atomic E-state index is 0.236. The molecule has 5 nitrogen and oxygen atoms in total. The van der Waals surface area contributed by atoms with Crippen molar-refractivity contribution in [3.63, 3.8) is 0 Å². The normalized spacial score (nSPS) is 11.6. The average Bonchev–Trinajstić information content (AvgIpc) is 2.75. The van der Waals surface area contributed by atoms with Crippen LogP contribution in [-0.4, -0.2) is 18.1 Å². The third-order valence-electron chi connectivity index (χ3n) is 4.95. The quantitative estimate of drug-likeness (QED) is 0.513. The van der Waals surface area contributed by atoms with E-state index in [2.05, 4.69) is 52.9 Å². The zero-order valence-corrected chi connectivity index (χ0v) is 16.7. The Balaban J connectivity index is 1.59. The van der Waals surface area contributed by atoms with Gasteiger partial charge in [0.1, 0.15) is 5.82 Å². The van der Waals surface area contributed by atoms with E-state index >= 15 is 0 Å². The van der Waals surface area contributed by atoms with Gasteiger partial charge in [0.2, 0.25) is 0 Å². The highest BCUT2D eigenvalue weighted by Crippen LogP contribution is 2.19. The summed E-state index contributed by atoms with van der Waals surface area (Å²) in [7, 11) is 0. The number of aromatic nitrogens is 1. The first-order valence-electron chi connectivity index (χ1n) is 9.89. The van der Waals surface area contributed by atoms with Gasteiger partial charge in [-0.1, -0.05) is 42.0 Å². The summed E-state index contributed by atoms with van der Waals surface area (Å²) < 4.78 is 0. The first kappa shape index (κ1) is 20.4. The fourth-order valence-electron chi connectivity index (χ4n) is 3.24. The van der Waals surface area contributed by atoms with Gasteiger partial charge in [0.15, 0.2) is 0 Å². The Morgan fingerprint density at radius 2 is 1.79 bits per heavy atom. The number of nitrogen functional groups attached to an aromatic ring is 1. The molecule has 2 aromatic carbocycles. The molecule has 1 atom stereocenters. The van der Waals surface area contributed by atoms with Crippen molar-refractivity contribution in [2.45, 2.75) is 25.8 Å². The van der Waals surface area contributed by atoms with E-state index in [1.165, 1.54) is 16.7 Å². The van der Waals surface area contributed by atoms with E-state index in [0.717, 1.165) is 31.6 Å². The SMILES string of the molecule is Cc1ccc([C@@H](CCNc2cccnc2N)NCCc2ccc(C#N)cc2)cc1. The van der Waals surface area contributed by atoms with Gasteiger partial charge in [-0.2, -0.15) is 5.26 Å². The molecule has 148 valence electrons. The van der Waals surface area contributed by atoms with Crippen molar-refractivity contribution < 1.29 is 0 Å². The van der Waals surface area contributed by atoms with E-state index in [0.29, 0.717) is 11.4 Å². The number of anilines is 2. The van der Waals surface area contributed by atoms with Crippen molar-refractivity contribution >= 4 is 11.5 Å². The van der Waals surface area contributed by atoms with E-state index in [1.54, 1.807) is 6.20 Å². The molecule has 0 fully saturated rings. The average molecular weight is 386 g/mol. The standard InChI is InChI=1S/C24H27N5/c1-18-4-10-21(11-5-18)22(13-16-28-23-3-2-14-29-24(23)26)27-15-12-19-6-8-20(17-25)9-7-19/h2-11,14,22,27-28H,12-13,15-16H2,1H3,(H2,26,29)/t22-/m1/s1. The van der Waals surface area contributed by atoms with Crippen molar-refractivity contribution in [3.8, 4) is 6.07 Å². The molecule has 3 aromatic rings. The molecular weight excluding hydrogens is 358 g/mol. The zero-order valence-electron chi connectivity index (χ0n) is 16.7. The van der Waals surface area contributed by atoms with Crippen LogP contribution in [0.5, 0.6) is 0 Å². The molecule has 0 aliphatic carbocycles. The highest BCUT2D eigenvalue weighted by molar-refractivity contribution is 5.60. The maximum atomic E-state index is 8.92. The van der Waals surface area contributed by atoms with Gasteiger partial charge in [-0.05, 0) is 61.7 Å². The monoisotopic (exact) mass is 385 g/mol. The smallest absolute Gasteiger partial charge is 0.146 e. The number of hydrogen-bond acceptors (Lipinski definition) is 5. The molecule has 1 heterocycles. The van der Waals surface area contributed by atoms with Gasteiger partial charge >= 0.3 is 0 Å². The largest absolute Gasteiger partial charge is 0.382 e. The Morgan fingerprint density at radius 3 is 2.48 bits per heavy atom. The van der Waals surface area contributed by atoms with E-state index in [9.17, 15) is 0 Å². The Labute approximate surface area is 172 Å². The van der Waals surface area contributed by atoms with Gasteiger partial charge in [0, 0.05) is 18.8 Å². The highest BCUT2D eigenvalue weighted by Gasteiger charge is 2.11. The first-order valence-corrected chi connectivity index (χ1v) is 9.89. The lowest BCUT2D eigenvalue weighted by Crippen LogP contribution is -2.26. The van der Waals surface area contributed by atoms with Gasteiger partial charge in [0.25, 0.3) is 0 Å². The molecule has 1 aromatic heterocycles. The van der Waals surface area contributed by atoms with Crippen LogP contribution in [-0.2, 0) is 6.42 Å². The van der Waals surface area contributed by atoms with Crippen LogP contribution >= 0.6 is 0 Å². The third kappa shape index (κ3) is 6.06. The molecule has 0 bridgehead atoms. The topological polar surface area (TPSA) is 86.8 Å². The molecule has 0 saturated carbocycles. The molecule has 0 amide bonds. The van der Waals surface area contributed by atoms with Crippen LogP contribution in [0, 0.1) is 18.3 Å². The van der Waals surface area contributed by atoms with E-state index in [4.69, 9.17) is 11.0 Å². The van der Waals surface area contributed by atoms with Crippen molar-refractivity contribution in [2.24, 2.45) is 0 Å². The molecular formula is C24H27N5. The molecule has 5 heteroatoms. The minimum absolute atomic E-state index is 0.236. The van der Waals surface area contributed by atoms with Crippen molar-refractivity contribution in [1.82, 2.24) is 10.3 Å². The van der Waals surface area contributed by atoms with Gasteiger partial charge in [-0.25, -0.2) is 4.98 Å². The summed E-state index contributed by atoms with van der Waals surface area (Å²) >= 11 is 0. The summed E-state index contributed by atoms with van der Waals surface area (Å²) in [6.45, 7) is 3.75. The summed E-state index contributed by atoms with van der Waals surface area (Å²) in [4.78, 5) is 4.12. The zero-order chi connectivity index (χ0) is 20.5. The molecule has 0 unspecified atom stereocenters. The molecule has 0 saturated heterocycles. The lowest BCUT2D eigenvalue weighted by atomic mass is 10.0. The Kier molecular flexibility index (Phi) is 7.21. The lowest BCUT2D eigenvalue weighted by molar-refractivity contribution is 0.514.